The summed E-state index contributed by atoms with van der Waals surface area (Å²) >= 11 is 1.53. The number of sulfonamides is 1. The summed E-state index contributed by atoms with van der Waals surface area (Å²) in [5.74, 6) is 0.754. The van der Waals surface area contributed by atoms with Gasteiger partial charge in [0.25, 0.3) is 0 Å². The molecule has 0 aliphatic carbocycles. The maximum Gasteiger partial charge on any atom is 0.243 e. The Morgan fingerprint density at radius 1 is 1.07 bits per heavy atom. The highest BCUT2D eigenvalue weighted by molar-refractivity contribution is 7.89. The van der Waals surface area contributed by atoms with Crippen molar-refractivity contribution in [3.8, 4) is 21.8 Å². The summed E-state index contributed by atoms with van der Waals surface area (Å²) in [4.78, 5) is 9.15. The van der Waals surface area contributed by atoms with Crippen molar-refractivity contribution in [2.75, 3.05) is 13.1 Å². The van der Waals surface area contributed by atoms with Crippen LogP contribution in [-0.2, 0) is 10.0 Å². The van der Waals surface area contributed by atoms with E-state index >= 15 is 0 Å². The van der Waals surface area contributed by atoms with Gasteiger partial charge in [0.1, 0.15) is 5.01 Å². The largest absolute Gasteiger partial charge is 0.264 e. The summed E-state index contributed by atoms with van der Waals surface area (Å²) in [6.07, 6.45) is 4.58. The van der Waals surface area contributed by atoms with E-state index in [1.165, 1.54) is 11.3 Å². The summed E-state index contributed by atoms with van der Waals surface area (Å²) in [5, 5.41) is 2.83. The monoisotopic (exact) mass is 413 g/mol. The van der Waals surface area contributed by atoms with Crippen LogP contribution < -0.4 is 0 Å². The summed E-state index contributed by atoms with van der Waals surface area (Å²) in [5.41, 5.74) is 2.55. The zero-order chi connectivity index (χ0) is 19.7. The van der Waals surface area contributed by atoms with Crippen molar-refractivity contribution in [2.45, 2.75) is 25.2 Å². The fraction of sp³-hybridized carbons (Fsp3) is 0.333. The van der Waals surface area contributed by atoms with Crippen molar-refractivity contribution in [1.82, 2.24) is 14.3 Å². The van der Waals surface area contributed by atoms with Crippen LogP contribution in [0.15, 0.2) is 59.1 Å². The van der Waals surface area contributed by atoms with Crippen LogP contribution in [0.3, 0.4) is 0 Å². The Morgan fingerprint density at radius 2 is 1.82 bits per heavy atom. The SMILES string of the molecule is C[C@H]1C[C@H](C)CN(S(=O)(=O)c2cccc(-c3csc(-c4cccnc4)n3)c2)C1. The molecule has 2 atom stereocenters. The van der Waals surface area contributed by atoms with E-state index in [1.807, 2.05) is 23.6 Å². The fourth-order valence-electron chi connectivity index (χ4n) is 3.80. The number of rotatable bonds is 4. The topological polar surface area (TPSA) is 63.2 Å². The smallest absolute Gasteiger partial charge is 0.243 e. The van der Waals surface area contributed by atoms with Crippen LogP contribution in [0.2, 0.25) is 0 Å². The van der Waals surface area contributed by atoms with E-state index in [1.54, 1.807) is 34.9 Å². The number of pyridine rings is 1. The van der Waals surface area contributed by atoms with Crippen molar-refractivity contribution < 1.29 is 8.42 Å². The zero-order valence-electron chi connectivity index (χ0n) is 15.9. The second kappa shape index (κ2) is 7.73. The number of nitrogens with zero attached hydrogens (tertiary/aromatic N) is 3. The van der Waals surface area contributed by atoms with Gasteiger partial charge in [-0.15, -0.1) is 11.3 Å². The third-order valence-corrected chi connectivity index (χ3v) is 7.73. The van der Waals surface area contributed by atoms with Gasteiger partial charge in [0.2, 0.25) is 10.0 Å². The molecule has 146 valence electrons. The Hall–Kier alpha value is -2.09. The summed E-state index contributed by atoms with van der Waals surface area (Å²) in [6.45, 7) is 5.39. The van der Waals surface area contributed by atoms with E-state index in [0.717, 1.165) is 28.2 Å². The summed E-state index contributed by atoms with van der Waals surface area (Å²) < 4.78 is 28.0. The lowest BCUT2D eigenvalue weighted by atomic mass is 9.94. The molecule has 1 fully saturated rings. The lowest BCUT2D eigenvalue weighted by Gasteiger charge is -2.34. The molecule has 1 saturated heterocycles. The molecule has 3 aromatic rings. The van der Waals surface area contributed by atoms with Gasteiger partial charge in [0, 0.05) is 42.0 Å². The number of thiazole rings is 1. The zero-order valence-corrected chi connectivity index (χ0v) is 17.6. The van der Waals surface area contributed by atoms with E-state index < -0.39 is 10.0 Å². The lowest BCUT2D eigenvalue weighted by Crippen LogP contribution is -2.42. The van der Waals surface area contributed by atoms with Crippen LogP contribution in [0.25, 0.3) is 21.8 Å². The predicted octanol–water partition coefficient (Wildman–Crippen LogP) is 4.54. The van der Waals surface area contributed by atoms with Gasteiger partial charge in [-0.2, -0.15) is 4.31 Å². The highest BCUT2D eigenvalue weighted by Gasteiger charge is 2.31. The van der Waals surface area contributed by atoms with Gasteiger partial charge < -0.3 is 0 Å². The van der Waals surface area contributed by atoms with Crippen LogP contribution in [0.5, 0.6) is 0 Å². The minimum atomic E-state index is -3.50. The molecule has 1 aliphatic rings. The Labute approximate surface area is 170 Å². The number of benzene rings is 1. The second-order valence-corrected chi connectivity index (χ2v) is 10.4. The van der Waals surface area contributed by atoms with Gasteiger partial charge in [0.05, 0.1) is 10.6 Å². The van der Waals surface area contributed by atoms with Crippen molar-refractivity contribution in [3.63, 3.8) is 0 Å². The molecule has 0 radical (unpaired) electrons. The molecule has 1 aliphatic heterocycles. The molecule has 4 rings (SSSR count). The average Bonchev–Trinajstić information content (AvgIpc) is 3.18. The van der Waals surface area contributed by atoms with E-state index in [9.17, 15) is 8.42 Å². The Kier molecular flexibility index (Phi) is 5.31. The van der Waals surface area contributed by atoms with E-state index in [2.05, 4.69) is 23.8 Å². The molecule has 0 amide bonds. The standard InChI is InChI=1S/C21H23N3O2S2/c1-15-9-16(2)13-24(12-15)28(25,26)19-7-3-5-17(10-19)20-14-27-21(23-20)18-6-4-8-22-11-18/h3-8,10-11,14-16H,9,12-13H2,1-2H3/t15-,16-/m0/s1. The molecular formula is C21H23N3O2S2. The minimum Gasteiger partial charge on any atom is -0.264 e. The molecule has 2 aromatic heterocycles. The highest BCUT2D eigenvalue weighted by Crippen LogP contribution is 2.31. The van der Waals surface area contributed by atoms with E-state index in [-0.39, 0.29) is 0 Å². The molecule has 28 heavy (non-hydrogen) atoms. The molecule has 5 nitrogen and oxygen atoms in total. The summed E-state index contributed by atoms with van der Waals surface area (Å²) in [6, 6.07) is 11.0. The Bertz CT molecular complexity index is 1050. The molecule has 0 N–H and O–H groups in total. The molecule has 0 saturated carbocycles. The van der Waals surface area contributed by atoms with Gasteiger partial charge in [-0.25, -0.2) is 13.4 Å². The van der Waals surface area contributed by atoms with Crippen LogP contribution in [-0.4, -0.2) is 35.8 Å². The van der Waals surface area contributed by atoms with Crippen molar-refractivity contribution in [3.05, 3.63) is 54.2 Å². The van der Waals surface area contributed by atoms with Crippen molar-refractivity contribution in [1.29, 1.82) is 0 Å². The van der Waals surface area contributed by atoms with Gasteiger partial charge in [-0.05, 0) is 42.5 Å². The number of aromatic nitrogens is 2. The van der Waals surface area contributed by atoms with Crippen molar-refractivity contribution in [2.24, 2.45) is 11.8 Å². The van der Waals surface area contributed by atoms with Gasteiger partial charge in [-0.1, -0.05) is 26.0 Å². The molecule has 3 heterocycles. The van der Waals surface area contributed by atoms with E-state index in [4.69, 9.17) is 0 Å². The highest BCUT2D eigenvalue weighted by atomic mass is 32.2. The first-order chi connectivity index (χ1) is 13.4. The number of piperidine rings is 1. The quantitative estimate of drug-likeness (QED) is 0.630. The normalized spacial score (nSPS) is 20.9. The molecule has 0 unspecified atom stereocenters. The lowest BCUT2D eigenvalue weighted by molar-refractivity contribution is 0.222. The first-order valence-electron chi connectivity index (χ1n) is 9.40. The average molecular weight is 414 g/mol. The number of hydrogen-bond acceptors (Lipinski definition) is 5. The van der Waals surface area contributed by atoms with Gasteiger partial charge in [0.15, 0.2) is 0 Å². The first kappa shape index (κ1) is 19.2. The Balaban J connectivity index is 1.64. The van der Waals surface area contributed by atoms with Crippen LogP contribution >= 0.6 is 11.3 Å². The fourth-order valence-corrected chi connectivity index (χ4v) is 6.34. The number of hydrogen-bond donors (Lipinski definition) is 0. The van der Waals surface area contributed by atoms with Crippen LogP contribution in [0, 0.1) is 11.8 Å². The first-order valence-corrected chi connectivity index (χ1v) is 11.7. The molecule has 0 spiro atoms. The molecule has 0 bridgehead atoms. The molecule has 7 heteroatoms. The maximum atomic E-state index is 13.2. The van der Waals surface area contributed by atoms with Gasteiger partial charge >= 0.3 is 0 Å². The molecular weight excluding hydrogens is 390 g/mol. The van der Waals surface area contributed by atoms with Crippen LogP contribution in [0.4, 0.5) is 0 Å². The van der Waals surface area contributed by atoms with Crippen LogP contribution in [0.1, 0.15) is 20.3 Å². The van der Waals surface area contributed by atoms with Gasteiger partial charge in [-0.3, -0.25) is 4.98 Å². The minimum absolute atomic E-state index is 0.335. The van der Waals surface area contributed by atoms with Crippen molar-refractivity contribution >= 4 is 21.4 Å². The summed E-state index contributed by atoms with van der Waals surface area (Å²) in [7, 11) is -3.50. The van der Waals surface area contributed by atoms with E-state index in [0.29, 0.717) is 29.8 Å². The third-order valence-electron chi connectivity index (χ3n) is 5.02. The third kappa shape index (κ3) is 3.87. The maximum absolute atomic E-state index is 13.2. The predicted molar refractivity (Wildman–Crippen MR) is 112 cm³/mol. The molecule has 1 aromatic carbocycles. The second-order valence-electron chi connectivity index (χ2n) is 7.58. The Morgan fingerprint density at radius 3 is 2.54 bits per heavy atom.